The number of fused-ring (bicyclic) bond motifs is 1. The summed E-state index contributed by atoms with van der Waals surface area (Å²) in [6, 6.07) is 0. The SMILES string of the molecule is Cc1cn2nc(C)nc2cn1. The van der Waals surface area contributed by atoms with Crippen molar-refractivity contribution < 1.29 is 0 Å². The molecule has 2 heterocycles. The average Bonchev–Trinajstić information content (AvgIpc) is 2.27. The van der Waals surface area contributed by atoms with E-state index in [2.05, 4.69) is 15.1 Å². The van der Waals surface area contributed by atoms with Crippen molar-refractivity contribution in [2.45, 2.75) is 13.8 Å². The lowest BCUT2D eigenvalue weighted by Gasteiger charge is -1.90. The van der Waals surface area contributed by atoms with Gasteiger partial charge in [-0.15, -0.1) is 0 Å². The quantitative estimate of drug-likeness (QED) is 0.553. The first kappa shape index (κ1) is 6.27. The van der Waals surface area contributed by atoms with Crippen molar-refractivity contribution in [2.75, 3.05) is 0 Å². The smallest absolute Gasteiger partial charge is 0.173 e. The van der Waals surface area contributed by atoms with Gasteiger partial charge in [-0.3, -0.25) is 4.98 Å². The minimum absolute atomic E-state index is 0.775. The third-order valence-electron chi connectivity index (χ3n) is 1.46. The van der Waals surface area contributed by atoms with Crippen molar-refractivity contribution in [1.29, 1.82) is 0 Å². The van der Waals surface area contributed by atoms with Crippen molar-refractivity contribution in [3.8, 4) is 0 Å². The van der Waals surface area contributed by atoms with E-state index in [1.807, 2.05) is 20.0 Å². The number of aryl methyl sites for hydroxylation is 2. The van der Waals surface area contributed by atoms with E-state index < -0.39 is 0 Å². The second-order valence-corrected chi connectivity index (χ2v) is 2.49. The topological polar surface area (TPSA) is 43.1 Å². The van der Waals surface area contributed by atoms with Crippen LogP contribution in [0, 0.1) is 13.8 Å². The van der Waals surface area contributed by atoms with Gasteiger partial charge >= 0.3 is 0 Å². The Morgan fingerprint density at radius 1 is 1.36 bits per heavy atom. The van der Waals surface area contributed by atoms with Gasteiger partial charge in [0.25, 0.3) is 0 Å². The zero-order valence-corrected chi connectivity index (χ0v) is 6.44. The van der Waals surface area contributed by atoms with Gasteiger partial charge in [0.2, 0.25) is 0 Å². The van der Waals surface area contributed by atoms with Gasteiger partial charge in [-0.2, -0.15) is 5.10 Å². The second-order valence-electron chi connectivity index (χ2n) is 2.49. The maximum Gasteiger partial charge on any atom is 0.173 e. The average molecular weight is 148 g/mol. The minimum Gasteiger partial charge on any atom is -0.256 e. The highest BCUT2D eigenvalue weighted by Crippen LogP contribution is 1.98. The van der Waals surface area contributed by atoms with Crippen LogP contribution in [-0.4, -0.2) is 19.6 Å². The number of hydrogen-bond donors (Lipinski definition) is 0. The highest BCUT2D eigenvalue weighted by atomic mass is 15.3. The number of aromatic nitrogens is 4. The van der Waals surface area contributed by atoms with Gasteiger partial charge in [0.05, 0.1) is 18.1 Å². The summed E-state index contributed by atoms with van der Waals surface area (Å²) in [4.78, 5) is 8.24. The molecule has 0 aliphatic heterocycles. The summed E-state index contributed by atoms with van der Waals surface area (Å²) in [6.45, 7) is 3.79. The molecule has 0 aromatic carbocycles. The third-order valence-corrected chi connectivity index (χ3v) is 1.46. The number of rotatable bonds is 0. The lowest BCUT2D eigenvalue weighted by atomic mass is 10.5. The van der Waals surface area contributed by atoms with E-state index in [0.29, 0.717) is 0 Å². The molecule has 4 nitrogen and oxygen atoms in total. The number of nitrogens with zero attached hydrogens (tertiary/aromatic N) is 4. The first-order valence-electron chi connectivity index (χ1n) is 3.41. The lowest BCUT2D eigenvalue weighted by Crippen LogP contribution is -1.90. The van der Waals surface area contributed by atoms with Gasteiger partial charge in [0.15, 0.2) is 5.65 Å². The molecule has 2 aromatic heterocycles. The maximum atomic E-state index is 4.14. The van der Waals surface area contributed by atoms with Gasteiger partial charge in [0, 0.05) is 0 Å². The van der Waals surface area contributed by atoms with Gasteiger partial charge in [-0.25, -0.2) is 9.50 Å². The monoisotopic (exact) mass is 148 g/mol. The Bertz CT molecular complexity index is 390. The van der Waals surface area contributed by atoms with E-state index in [9.17, 15) is 0 Å². The van der Waals surface area contributed by atoms with Gasteiger partial charge in [-0.05, 0) is 13.8 Å². The molecule has 0 fully saturated rings. The molecule has 11 heavy (non-hydrogen) atoms. The fourth-order valence-corrected chi connectivity index (χ4v) is 0.999. The predicted octanol–water partition coefficient (Wildman–Crippen LogP) is 0.741. The van der Waals surface area contributed by atoms with Crippen molar-refractivity contribution >= 4 is 5.65 Å². The van der Waals surface area contributed by atoms with Crippen LogP contribution in [-0.2, 0) is 0 Å². The summed E-state index contributed by atoms with van der Waals surface area (Å²) in [5, 5.41) is 4.14. The van der Waals surface area contributed by atoms with Crippen LogP contribution in [0.2, 0.25) is 0 Å². The van der Waals surface area contributed by atoms with Crippen molar-refractivity contribution in [3.05, 3.63) is 23.9 Å². The molecule has 0 saturated heterocycles. The first-order chi connectivity index (χ1) is 5.25. The molecule has 0 spiro atoms. The van der Waals surface area contributed by atoms with E-state index in [1.165, 1.54) is 0 Å². The van der Waals surface area contributed by atoms with Crippen LogP contribution < -0.4 is 0 Å². The van der Waals surface area contributed by atoms with Crippen LogP contribution >= 0.6 is 0 Å². The van der Waals surface area contributed by atoms with Crippen molar-refractivity contribution in [3.63, 3.8) is 0 Å². The third kappa shape index (κ3) is 0.960. The molecule has 56 valence electrons. The fourth-order valence-electron chi connectivity index (χ4n) is 0.999. The summed E-state index contributed by atoms with van der Waals surface area (Å²) in [6.07, 6.45) is 3.57. The summed E-state index contributed by atoms with van der Waals surface area (Å²) >= 11 is 0. The first-order valence-corrected chi connectivity index (χ1v) is 3.41. The molecule has 0 unspecified atom stereocenters. The fraction of sp³-hybridized carbons (Fsp3) is 0.286. The molecule has 0 saturated carbocycles. The molecule has 0 amide bonds. The summed E-state index contributed by atoms with van der Waals surface area (Å²) in [7, 11) is 0. The van der Waals surface area contributed by atoms with E-state index in [-0.39, 0.29) is 0 Å². The van der Waals surface area contributed by atoms with Crippen LogP contribution in [0.25, 0.3) is 5.65 Å². The summed E-state index contributed by atoms with van der Waals surface area (Å²) in [5.74, 6) is 0.775. The molecular weight excluding hydrogens is 140 g/mol. The van der Waals surface area contributed by atoms with Crippen LogP contribution in [0.1, 0.15) is 11.5 Å². The molecule has 0 radical (unpaired) electrons. The lowest BCUT2D eigenvalue weighted by molar-refractivity contribution is 0.907. The van der Waals surface area contributed by atoms with E-state index in [0.717, 1.165) is 17.2 Å². The van der Waals surface area contributed by atoms with Crippen LogP contribution in [0.4, 0.5) is 0 Å². The normalized spacial score (nSPS) is 10.7. The Labute approximate surface area is 63.9 Å². The standard InChI is InChI=1S/C7H8N4/c1-5-4-11-7(3-8-5)9-6(2)10-11/h3-4H,1-2H3. The minimum atomic E-state index is 0.775. The van der Waals surface area contributed by atoms with E-state index in [4.69, 9.17) is 0 Å². The van der Waals surface area contributed by atoms with Gasteiger partial charge in [0.1, 0.15) is 5.82 Å². The van der Waals surface area contributed by atoms with E-state index >= 15 is 0 Å². The molecule has 0 N–H and O–H groups in total. The van der Waals surface area contributed by atoms with Crippen LogP contribution in [0.3, 0.4) is 0 Å². The Kier molecular flexibility index (Phi) is 1.15. The molecule has 0 aliphatic carbocycles. The Morgan fingerprint density at radius 2 is 2.18 bits per heavy atom. The van der Waals surface area contributed by atoms with E-state index in [1.54, 1.807) is 10.7 Å². The molecular formula is C7H8N4. The largest absolute Gasteiger partial charge is 0.256 e. The Hall–Kier alpha value is -1.45. The molecule has 2 aromatic rings. The molecule has 0 atom stereocenters. The zero-order valence-electron chi connectivity index (χ0n) is 6.44. The van der Waals surface area contributed by atoms with Crippen molar-refractivity contribution in [1.82, 2.24) is 19.6 Å². The van der Waals surface area contributed by atoms with Gasteiger partial charge in [-0.1, -0.05) is 0 Å². The summed E-state index contributed by atoms with van der Waals surface area (Å²) < 4.78 is 1.73. The summed E-state index contributed by atoms with van der Waals surface area (Å²) in [5.41, 5.74) is 1.75. The van der Waals surface area contributed by atoms with Crippen molar-refractivity contribution in [2.24, 2.45) is 0 Å². The second kappa shape index (κ2) is 2.02. The highest BCUT2D eigenvalue weighted by molar-refractivity contribution is 5.33. The number of hydrogen-bond acceptors (Lipinski definition) is 3. The Balaban J connectivity index is 2.82. The molecule has 2 rings (SSSR count). The maximum absolute atomic E-state index is 4.14. The predicted molar refractivity (Wildman–Crippen MR) is 40.3 cm³/mol. The Morgan fingerprint density at radius 3 is 3.00 bits per heavy atom. The zero-order chi connectivity index (χ0) is 7.84. The molecule has 0 bridgehead atoms. The van der Waals surface area contributed by atoms with Crippen LogP contribution in [0.5, 0.6) is 0 Å². The highest BCUT2D eigenvalue weighted by Gasteiger charge is 1.97. The molecule has 4 heteroatoms. The van der Waals surface area contributed by atoms with Crippen LogP contribution in [0.15, 0.2) is 12.4 Å². The molecule has 0 aliphatic rings. The van der Waals surface area contributed by atoms with Gasteiger partial charge < -0.3 is 0 Å².